The number of halogens is 1. The second kappa shape index (κ2) is 9.20. The van der Waals surface area contributed by atoms with Gasteiger partial charge in [0.05, 0.1) is 16.1 Å². The summed E-state index contributed by atoms with van der Waals surface area (Å²) in [7, 11) is 0. The molecule has 0 radical (unpaired) electrons. The van der Waals surface area contributed by atoms with Gasteiger partial charge < -0.3 is 4.74 Å². The number of benzene rings is 1. The number of aromatic nitrogens is 2. The summed E-state index contributed by atoms with van der Waals surface area (Å²) in [5, 5.41) is 4.76. The predicted molar refractivity (Wildman–Crippen MR) is 124 cm³/mol. The SMILES string of the molecule is CCn1cc(/C=C/C(=O)CCC2Cc3cc(-c4ccc(C(C)=O)s4)cc(Cl)c3O2)cn1. The highest BCUT2D eigenvalue weighted by Crippen LogP contribution is 2.41. The molecule has 0 fully saturated rings. The molecule has 0 saturated carbocycles. The Balaban J connectivity index is 1.37. The number of carbonyl (C=O) groups is 2. The van der Waals surface area contributed by atoms with Crippen LogP contribution in [-0.4, -0.2) is 27.5 Å². The molecule has 3 aromatic rings. The number of carbonyl (C=O) groups excluding carboxylic acids is 2. The molecule has 0 N–H and O–H groups in total. The van der Waals surface area contributed by atoms with Crippen molar-refractivity contribution in [2.45, 2.75) is 45.8 Å². The molecule has 0 spiro atoms. The fraction of sp³-hybridized carbons (Fsp3) is 0.292. The van der Waals surface area contributed by atoms with E-state index in [4.69, 9.17) is 16.3 Å². The Hall–Kier alpha value is -2.70. The van der Waals surface area contributed by atoms with Crippen molar-refractivity contribution in [2.24, 2.45) is 0 Å². The molecule has 1 aliphatic heterocycles. The summed E-state index contributed by atoms with van der Waals surface area (Å²) in [6.45, 7) is 4.39. The number of hydrogen-bond acceptors (Lipinski definition) is 5. The fourth-order valence-electron chi connectivity index (χ4n) is 3.59. The molecule has 0 saturated heterocycles. The van der Waals surface area contributed by atoms with E-state index in [1.54, 1.807) is 25.3 Å². The van der Waals surface area contributed by atoms with Crippen LogP contribution in [0.25, 0.3) is 16.5 Å². The van der Waals surface area contributed by atoms with Crippen molar-refractivity contribution in [3.8, 4) is 16.2 Å². The molecule has 2 aromatic heterocycles. The average Bonchev–Trinajstić information content (AvgIpc) is 3.49. The monoisotopic (exact) mass is 454 g/mol. The second-order valence-corrected chi connectivity index (χ2v) is 9.07. The largest absolute Gasteiger partial charge is 0.488 e. The molecule has 5 nitrogen and oxygen atoms in total. The first-order chi connectivity index (χ1) is 14.9. The molecule has 7 heteroatoms. The Morgan fingerprint density at radius 3 is 2.90 bits per heavy atom. The summed E-state index contributed by atoms with van der Waals surface area (Å²) in [5.74, 6) is 0.824. The highest BCUT2D eigenvalue weighted by atomic mass is 35.5. The number of rotatable bonds is 8. The highest BCUT2D eigenvalue weighted by Gasteiger charge is 2.26. The maximum Gasteiger partial charge on any atom is 0.169 e. The predicted octanol–water partition coefficient (Wildman–Crippen LogP) is 5.85. The number of hydrogen-bond donors (Lipinski definition) is 0. The van der Waals surface area contributed by atoms with Crippen molar-refractivity contribution < 1.29 is 14.3 Å². The normalized spacial score (nSPS) is 15.3. The van der Waals surface area contributed by atoms with Gasteiger partial charge in [-0.05, 0) is 62.2 Å². The quantitative estimate of drug-likeness (QED) is 0.316. The van der Waals surface area contributed by atoms with Gasteiger partial charge in [0.15, 0.2) is 11.6 Å². The number of nitrogens with zero attached hydrogens (tertiary/aromatic N) is 2. The van der Waals surface area contributed by atoms with E-state index < -0.39 is 0 Å². The van der Waals surface area contributed by atoms with Crippen molar-refractivity contribution in [1.29, 1.82) is 0 Å². The molecule has 31 heavy (non-hydrogen) atoms. The average molecular weight is 455 g/mol. The zero-order valence-electron chi connectivity index (χ0n) is 17.4. The smallest absolute Gasteiger partial charge is 0.169 e. The number of ether oxygens (including phenoxy) is 1. The minimum Gasteiger partial charge on any atom is -0.488 e. The van der Waals surface area contributed by atoms with Gasteiger partial charge in [0, 0.05) is 41.6 Å². The fourth-order valence-corrected chi connectivity index (χ4v) is 4.76. The van der Waals surface area contributed by atoms with E-state index >= 15 is 0 Å². The van der Waals surface area contributed by atoms with Crippen molar-refractivity contribution in [1.82, 2.24) is 9.78 Å². The third-order valence-electron chi connectivity index (χ3n) is 5.24. The molecule has 0 amide bonds. The molecule has 0 bridgehead atoms. The summed E-state index contributed by atoms with van der Waals surface area (Å²) in [4.78, 5) is 25.6. The van der Waals surface area contributed by atoms with E-state index in [-0.39, 0.29) is 17.7 Å². The van der Waals surface area contributed by atoms with Crippen molar-refractivity contribution in [3.05, 3.63) is 63.8 Å². The second-order valence-electron chi connectivity index (χ2n) is 7.58. The van der Waals surface area contributed by atoms with Crippen LogP contribution in [0, 0.1) is 0 Å². The van der Waals surface area contributed by atoms with E-state index in [0.717, 1.165) is 33.0 Å². The Morgan fingerprint density at radius 2 is 2.19 bits per heavy atom. The van der Waals surface area contributed by atoms with Gasteiger partial charge in [-0.2, -0.15) is 5.10 Å². The maximum atomic E-state index is 12.3. The maximum absolute atomic E-state index is 12.3. The molecule has 1 aliphatic rings. The first-order valence-electron chi connectivity index (χ1n) is 10.3. The van der Waals surface area contributed by atoms with Gasteiger partial charge in [-0.3, -0.25) is 14.3 Å². The lowest BCUT2D eigenvalue weighted by atomic mass is 10.0. The van der Waals surface area contributed by atoms with Crippen LogP contribution in [0.15, 0.2) is 42.7 Å². The highest BCUT2D eigenvalue weighted by molar-refractivity contribution is 7.17. The van der Waals surface area contributed by atoms with Crippen LogP contribution in [0.1, 0.15) is 47.5 Å². The lowest BCUT2D eigenvalue weighted by Crippen LogP contribution is -2.14. The van der Waals surface area contributed by atoms with Gasteiger partial charge in [-0.25, -0.2) is 0 Å². The van der Waals surface area contributed by atoms with Crippen LogP contribution in [-0.2, 0) is 17.8 Å². The van der Waals surface area contributed by atoms with Crippen LogP contribution in [0.4, 0.5) is 0 Å². The van der Waals surface area contributed by atoms with Crippen molar-refractivity contribution >= 4 is 40.6 Å². The summed E-state index contributed by atoms with van der Waals surface area (Å²) in [5.41, 5.74) is 2.94. The zero-order chi connectivity index (χ0) is 22.0. The van der Waals surface area contributed by atoms with E-state index in [2.05, 4.69) is 11.2 Å². The standard InChI is InChI=1S/C24H23ClN2O3S/c1-3-27-14-16(13-26-27)4-5-19(29)6-7-20-11-18-10-17(12-21(25)24(18)30-20)23-9-8-22(31-23)15(2)28/h4-5,8-10,12-14,20H,3,6-7,11H2,1-2H3/b5-4+. The third-order valence-corrected chi connectivity index (χ3v) is 6.76. The summed E-state index contributed by atoms with van der Waals surface area (Å²) in [6.07, 6.45) is 8.75. The van der Waals surface area contributed by atoms with Crippen LogP contribution < -0.4 is 4.74 Å². The van der Waals surface area contributed by atoms with Gasteiger partial charge in [0.1, 0.15) is 11.9 Å². The van der Waals surface area contributed by atoms with Gasteiger partial charge in [0.25, 0.3) is 0 Å². The topological polar surface area (TPSA) is 61.2 Å². The summed E-state index contributed by atoms with van der Waals surface area (Å²) < 4.78 is 7.85. The lowest BCUT2D eigenvalue weighted by molar-refractivity contribution is -0.115. The van der Waals surface area contributed by atoms with Crippen LogP contribution in [0.2, 0.25) is 5.02 Å². The van der Waals surface area contributed by atoms with Gasteiger partial charge in [-0.1, -0.05) is 11.6 Å². The number of allylic oxidation sites excluding steroid dienone is 1. The Morgan fingerprint density at radius 1 is 1.35 bits per heavy atom. The number of ketones is 2. The first kappa shape index (κ1) is 21.5. The van der Waals surface area contributed by atoms with Gasteiger partial charge >= 0.3 is 0 Å². The zero-order valence-corrected chi connectivity index (χ0v) is 19.0. The first-order valence-corrected chi connectivity index (χ1v) is 11.5. The molecule has 1 atom stereocenters. The van der Waals surface area contributed by atoms with Gasteiger partial charge in [-0.15, -0.1) is 11.3 Å². The van der Waals surface area contributed by atoms with E-state index in [1.165, 1.54) is 11.3 Å². The number of thiophene rings is 1. The third kappa shape index (κ3) is 4.97. The van der Waals surface area contributed by atoms with Crippen LogP contribution in [0.3, 0.4) is 0 Å². The minimum absolute atomic E-state index is 0.0600. The van der Waals surface area contributed by atoms with Gasteiger partial charge in [0.2, 0.25) is 0 Å². The number of Topliss-reactive ketones (excluding diaryl/α,β-unsaturated/α-hetero) is 1. The van der Waals surface area contributed by atoms with E-state index in [0.29, 0.717) is 30.0 Å². The summed E-state index contributed by atoms with van der Waals surface area (Å²) >= 11 is 7.94. The Bertz CT molecular complexity index is 1160. The van der Waals surface area contributed by atoms with Crippen LogP contribution in [0.5, 0.6) is 5.75 Å². The molecule has 1 unspecified atom stereocenters. The number of fused-ring (bicyclic) bond motifs is 1. The van der Waals surface area contributed by atoms with Crippen molar-refractivity contribution in [2.75, 3.05) is 0 Å². The Labute approximate surface area is 190 Å². The molecule has 3 heterocycles. The lowest BCUT2D eigenvalue weighted by Gasteiger charge is -2.10. The number of aryl methyl sites for hydroxylation is 1. The molecular weight excluding hydrogens is 432 g/mol. The van der Waals surface area contributed by atoms with E-state index in [9.17, 15) is 9.59 Å². The minimum atomic E-state index is -0.0703. The van der Waals surface area contributed by atoms with Crippen LogP contribution >= 0.6 is 22.9 Å². The molecule has 0 aliphatic carbocycles. The Kier molecular flexibility index (Phi) is 6.39. The molecular formula is C24H23ClN2O3S. The van der Waals surface area contributed by atoms with E-state index in [1.807, 2.05) is 36.0 Å². The van der Waals surface area contributed by atoms with Crippen molar-refractivity contribution in [3.63, 3.8) is 0 Å². The molecule has 4 rings (SSSR count). The molecule has 1 aromatic carbocycles. The molecule has 160 valence electrons. The summed E-state index contributed by atoms with van der Waals surface area (Å²) in [6, 6.07) is 7.74.